The molecular formula is C9H14F3NO3. The van der Waals surface area contributed by atoms with E-state index >= 15 is 0 Å². The minimum atomic E-state index is -4.32. The van der Waals surface area contributed by atoms with Crippen molar-refractivity contribution in [3.63, 3.8) is 0 Å². The van der Waals surface area contributed by atoms with Gasteiger partial charge in [-0.15, -0.1) is 0 Å². The molecule has 0 aromatic heterocycles. The lowest BCUT2D eigenvalue weighted by atomic mass is 10.1. The average Bonchev–Trinajstić information content (AvgIpc) is 2.67. The van der Waals surface area contributed by atoms with Crippen molar-refractivity contribution in [2.45, 2.75) is 12.6 Å². The molecule has 0 aromatic carbocycles. The Kier molecular flexibility index (Phi) is 5.01. The van der Waals surface area contributed by atoms with Gasteiger partial charge in [0.1, 0.15) is 6.61 Å². The molecule has 0 spiro atoms. The van der Waals surface area contributed by atoms with Crippen LogP contribution in [0, 0.1) is 5.92 Å². The van der Waals surface area contributed by atoms with Crippen LogP contribution in [0.2, 0.25) is 0 Å². The Bertz CT molecular complexity index is 227. The van der Waals surface area contributed by atoms with Crippen LogP contribution in [-0.2, 0) is 14.3 Å². The van der Waals surface area contributed by atoms with Gasteiger partial charge < -0.3 is 14.8 Å². The Labute approximate surface area is 91.1 Å². The lowest BCUT2D eigenvalue weighted by Crippen LogP contribution is -2.34. The Morgan fingerprint density at radius 3 is 2.81 bits per heavy atom. The molecule has 1 unspecified atom stereocenters. The van der Waals surface area contributed by atoms with E-state index in [-0.39, 0.29) is 25.0 Å². The first-order valence-corrected chi connectivity index (χ1v) is 4.99. The van der Waals surface area contributed by atoms with E-state index in [4.69, 9.17) is 4.74 Å². The molecule has 16 heavy (non-hydrogen) atoms. The number of hydrogen-bond donors (Lipinski definition) is 1. The number of carbonyl (C=O) groups excluding carboxylic acids is 1. The maximum absolute atomic E-state index is 11.7. The largest absolute Gasteiger partial charge is 0.411 e. The summed E-state index contributed by atoms with van der Waals surface area (Å²) in [5, 5.41) is 2.50. The summed E-state index contributed by atoms with van der Waals surface area (Å²) in [6, 6.07) is 0. The smallest absolute Gasteiger partial charge is 0.381 e. The number of carbonyl (C=O) groups is 1. The van der Waals surface area contributed by atoms with Crippen molar-refractivity contribution in [1.29, 1.82) is 0 Å². The van der Waals surface area contributed by atoms with Gasteiger partial charge in [-0.3, -0.25) is 4.79 Å². The highest BCUT2D eigenvalue weighted by Gasteiger charge is 2.27. The second kappa shape index (κ2) is 6.05. The number of hydrogen-bond acceptors (Lipinski definition) is 3. The Hall–Kier alpha value is -0.820. The Morgan fingerprint density at radius 2 is 2.25 bits per heavy atom. The maximum Gasteiger partial charge on any atom is 0.411 e. The summed E-state index contributed by atoms with van der Waals surface area (Å²) in [5.41, 5.74) is 0. The third-order valence-electron chi connectivity index (χ3n) is 2.11. The molecule has 1 fully saturated rings. The van der Waals surface area contributed by atoms with Gasteiger partial charge in [-0.05, 0) is 6.42 Å². The standard InChI is InChI=1S/C9H14F3NO3/c10-9(11,12)6-16-4-2-13-8(14)7-1-3-15-5-7/h7H,1-6H2,(H,13,14). The minimum Gasteiger partial charge on any atom is -0.381 e. The highest BCUT2D eigenvalue weighted by Crippen LogP contribution is 2.14. The quantitative estimate of drug-likeness (QED) is 0.721. The van der Waals surface area contributed by atoms with Crippen LogP contribution in [0.25, 0.3) is 0 Å². The zero-order valence-electron chi connectivity index (χ0n) is 8.68. The van der Waals surface area contributed by atoms with Crippen LogP contribution in [-0.4, -0.2) is 45.1 Å². The molecule has 1 amide bonds. The minimum absolute atomic E-state index is 0.0887. The first kappa shape index (κ1) is 13.2. The highest BCUT2D eigenvalue weighted by molar-refractivity contribution is 5.78. The van der Waals surface area contributed by atoms with Crippen LogP contribution < -0.4 is 5.32 Å². The molecule has 0 aromatic rings. The summed E-state index contributed by atoms with van der Waals surface area (Å²) in [6.45, 7) is -0.391. The van der Waals surface area contributed by atoms with E-state index in [0.717, 1.165) is 0 Å². The number of alkyl halides is 3. The van der Waals surface area contributed by atoms with Crippen molar-refractivity contribution in [2.24, 2.45) is 5.92 Å². The number of nitrogens with one attached hydrogen (secondary N) is 1. The van der Waals surface area contributed by atoms with Crippen LogP contribution in [0.5, 0.6) is 0 Å². The molecule has 4 nitrogen and oxygen atoms in total. The fourth-order valence-electron chi connectivity index (χ4n) is 1.32. The van der Waals surface area contributed by atoms with E-state index in [1.807, 2.05) is 0 Å². The maximum atomic E-state index is 11.7. The molecule has 94 valence electrons. The molecule has 1 N–H and O–H groups in total. The van der Waals surface area contributed by atoms with Gasteiger partial charge in [0.25, 0.3) is 0 Å². The predicted octanol–water partition coefficient (Wildman–Crippen LogP) is 0.718. The van der Waals surface area contributed by atoms with Gasteiger partial charge in [0.2, 0.25) is 5.91 Å². The number of amides is 1. The van der Waals surface area contributed by atoms with Crippen molar-refractivity contribution in [3.05, 3.63) is 0 Å². The topological polar surface area (TPSA) is 47.6 Å². The van der Waals surface area contributed by atoms with Crippen molar-refractivity contribution >= 4 is 5.91 Å². The zero-order chi connectivity index (χ0) is 12.0. The first-order valence-electron chi connectivity index (χ1n) is 4.99. The van der Waals surface area contributed by atoms with Crippen molar-refractivity contribution in [1.82, 2.24) is 5.32 Å². The molecule has 1 aliphatic rings. The van der Waals surface area contributed by atoms with Crippen LogP contribution in [0.15, 0.2) is 0 Å². The van der Waals surface area contributed by atoms with Crippen LogP contribution in [0.3, 0.4) is 0 Å². The molecule has 0 bridgehead atoms. The first-order chi connectivity index (χ1) is 7.49. The molecule has 0 aliphatic carbocycles. The Morgan fingerprint density at radius 1 is 1.50 bits per heavy atom. The van der Waals surface area contributed by atoms with E-state index in [1.165, 1.54) is 0 Å². The molecule has 0 radical (unpaired) electrons. The van der Waals surface area contributed by atoms with E-state index in [2.05, 4.69) is 10.1 Å². The molecule has 7 heteroatoms. The molecule has 1 rings (SSSR count). The van der Waals surface area contributed by atoms with Gasteiger partial charge in [-0.25, -0.2) is 0 Å². The van der Waals surface area contributed by atoms with E-state index in [0.29, 0.717) is 19.6 Å². The average molecular weight is 241 g/mol. The highest BCUT2D eigenvalue weighted by atomic mass is 19.4. The van der Waals surface area contributed by atoms with Crippen molar-refractivity contribution < 1.29 is 27.4 Å². The van der Waals surface area contributed by atoms with E-state index < -0.39 is 12.8 Å². The molecule has 1 aliphatic heterocycles. The number of halogens is 3. The van der Waals surface area contributed by atoms with Gasteiger partial charge in [-0.1, -0.05) is 0 Å². The summed E-state index contributed by atoms with van der Waals surface area (Å²) in [4.78, 5) is 11.3. The molecule has 0 saturated carbocycles. The summed E-state index contributed by atoms with van der Waals surface area (Å²) < 4.78 is 44.3. The van der Waals surface area contributed by atoms with Gasteiger partial charge in [0.15, 0.2) is 0 Å². The molecule has 1 heterocycles. The SMILES string of the molecule is O=C(NCCOCC(F)(F)F)C1CCOC1. The Balaban J connectivity index is 2.00. The fraction of sp³-hybridized carbons (Fsp3) is 0.889. The lowest BCUT2D eigenvalue weighted by molar-refractivity contribution is -0.173. The van der Waals surface area contributed by atoms with Crippen molar-refractivity contribution in [2.75, 3.05) is 33.0 Å². The normalized spacial score (nSPS) is 21.1. The van der Waals surface area contributed by atoms with Gasteiger partial charge >= 0.3 is 6.18 Å². The number of ether oxygens (including phenoxy) is 2. The van der Waals surface area contributed by atoms with E-state index in [9.17, 15) is 18.0 Å². The van der Waals surface area contributed by atoms with Gasteiger partial charge in [-0.2, -0.15) is 13.2 Å². The fourth-order valence-corrected chi connectivity index (χ4v) is 1.32. The van der Waals surface area contributed by atoms with Crippen LogP contribution in [0.4, 0.5) is 13.2 Å². The predicted molar refractivity (Wildman–Crippen MR) is 48.8 cm³/mol. The molecule has 1 saturated heterocycles. The van der Waals surface area contributed by atoms with Gasteiger partial charge in [0.05, 0.1) is 19.1 Å². The third-order valence-corrected chi connectivity index (χ3v) is 2.11. The number of rotatable bonds is 5. The zero-order valence-corrected chi connectivity index (χ0v) is 8.68. The second-order valence-corrected chi connectivity index (χ2v) is 3.52. The second-order valence-electron chi connectivity index (χ2n) is 3.52. The monoisotopic (exact) mass is 241 g/mol. The van der Waals surface area contributed by atoms with Crippen molar-refractivity contribution in [3.8, 4) is 0 Å². The summed E-state index contributed by atoms with van der Waals surface area (Å²) in [7, 11) is 0. The van der Waals surface area contributed by atoms with Gasteiger partial charge in [0, 0.05) is 13.2 Å². The summed E-state index contributed by atoms with van der Waals surface area (Å²) in [5.74, 6) is -0.365. The van der Waals surface area contributed by atoms with E-state index in [1.54, 1.807) is 0 Å². The van der Waals surface area contributed by atoms with Crippen LogP contribution >= 0.6 is 0 Å². The molecule has 1 atom stereocenters. The lowest BCUT2D eigenvalue weighted by Gasteiger charge is -2.10. The summed E-state index contributed by atoms with van der Waals surface area (Å²) >= 11 is 0. The van der Waals surface area contributed by atoms with Crippen LogP contribution in [0.1, 0.15) is 6.42 Å². The third kappa shape index (κ3) is 5.32. The summed E-state index contributed by atoms with van der Waals surface area (Å²) in [6.07, 6.45) is -3.65. The molecular weight excluding hydrogens is 227 g/mol.